The van der Waals surface area contributed by atoms with Gasteiger partial charge in [-0.15, -0.1) is 24.0 Å². The minimum atomic E-state index is -0.363. The van der Waals surface area contributed by atoms with E-state index in [0.717, 1.165) is 63.0 Å². The van der Waals surface area contributed by atoms with Crippen molar-refractivity contribution in [2.75, 3.05) is 40.4 Å². The van der Waals surface area contributed by atoms with E-state index in [9.17, 15) is 10.1 Å². The number of aliphatic imine (C=N–C) groups is 1. The predicted octanol–water partition coefficient (Wildman–Crippen LogP) is 3.86. The lowest BCUT2D eigenvalue weighted by molar-refractivity contribution is -0.384. The van der Waals surface area contributed by atoms with Gasteiger partial charge < -0.3 is 15.0 Å². The normalized spacial score (nSPS) is 15.0. The largest absolute Gasteiger partial charge is 0.381 e. The first-order valence-electron chi connectivity index (χ1n) is 9.83. The molecule has 1 heterocycles. The maximum atomic E-state index is 10.7. The fourth-order valence-corrected chi connectivity index (χ4v) is 3.34. The SMILES string of the molecule is CN=C(NCCCCc1ccc([N+](=O)[O-])cc1)N(C)CCC1CCOCC1.I. The Morgan fingerprint density at radius 2 is 1.96 bits per heavy atom. The number of halogens is 1. The zero-order valence-electron chi connectivity index (χ0n) is 16.9. The zero-order chi connectivity index (χ0) is 19.5. The van der Waals surface area contributed by atoms with Crippen molar-refractivity contribution in [3.8, 4) is 0 Å². The van der Waals surface area contributed by atoms with Crippen LogP contribution in [0.2, 0.25) is 0 Å². The Balaban J connectivity index is 0.00000392. The molecule has 8 heteroatoms. The first-order chi connectivity index (χ1) is 13.1. The van der Waals surface area contributed by atoms with Gasteiger partial charge in [-0.3, -0.25) is 15.1 Å². The topological polar surface area (TPSA) is 80.0 Å². The van der Waals surface area contributed by atoms with E-state index in [1.165, 1.54) is 19.3 Å². The van der Waals surface area contributed by atoms with Crippen molar-refractivity contribution in [1.82, 2.24) is 10.2 Å². The van der Waals surface area contributed by atoms with Crippen molar-refractivity contribution >= 4 is 35.6 Å². The van der Waals surface area contributed by atoms with Crippen LogP contribution in [0.1, 0.15) is 37.7 Å². The van der Waals surface area contributed by atoms with E-state index in [1.807, 2.05) is 19.2 Å². The van der Waals surface area contributed by atoms with Crippen LogP contribution in [0.15, 0.2) is 29.3 Å². The molecule has 1 aliphatic rings. The number of unbranched alkanes of at least 4 members (excludes halogenated alkanes) is 1. The third kappa shape index (κ3) is 8.72. The van der Waals surface area contributed by atoms with Crippen molar-refractivity contribution in [2.24, 2.45) is 10.9 Å². The molecule has 1 saturated heterocycles. The van der Waals surface area contributed by atoms with Crippen LogP contribution in [-0.4, -0.2) is 56.2 Å². The smallest absolute Gasteiger partial charge is 0.269 e. The molecule has 2 rings (SSSR count). The van der Waals surface area contributed by atoms with Crippen molar-refractivity contribution in [2.45, 2.75) is 38.5 Å². The number of ether oxygens (including phenoxy) is 1. The third-order valence-electron chi connectivity index (χ3n) is 5.11. The Bertz CT molecular complexity index is 604. The molecule has 0 unspecified atom stereocenters. The molecule has 158 valence electrons. The molecule has 0 spiro atoms. The summed E-state index contributed by atoms with van der Waals surface area (Å²) in [5.74, 6) is 1.71. The van der Waals surface area contributed by atoms with Crippen molar-refractivity contribution in [3.63, 3.8) is 0 Å². The lowest BCUT2D eigenvalue weighted by atomic mass is 9.96. The summed E-state index contributed by atoms with van der Waals surface area (Å²) in [6.07, 6.45) is 6.51. The minimum Gasteiger partial charge on any atom is -0.381 e. The van der Waals surface area contributed by atoms with Crippen LogP contribution in [0.5, 0.6) is 0 Å². The first-order valence-corrected chi connectivity index (χ1v) is 9.83. The summed E-state index contributed by atoms with van der Waals surface area (Å²) in [7, 11) is 3.91. The van der Waals surface area contributed by atoms with E-state index in [0.29, 0.717) is 0 Å². The first kappa shape index (κ1) is 24.6. The molecule has 1 aromatic carbocycles. The summed E-state index contributed by atoms with van der Waals surface area (Å²) in [6.45, 7) is 3.68. The van der Waals surface area contributed by atoms with Crippen molar-refractivity contribution in [3.05, 3.63) is 39.9 Å². The van der Waals surface area contributed by atoms with Gasteiger partial charge in [0.2, 0.25) is 0 Å². The van der Waals surface area contributed by atoms with Crippen LogP contribution in [0.3, 0.4) is 0 Å². The molecule has 7 nitrogen and oxygen atoms in total. The monoisotopic (exact) mass is 504 g/mol. The molecule has 0 bridgehead atoms. The van der Waals surface area contributed by atoms with Gasteiger partial charge in [0.25, 0.3) is 5.69 Å². The Kier molecular flexibility index (Phi) is 12.1. The molecule has 28 heavy (non-hydrogen) atoms. The molecule has 1 N–H and O–H groups in total. The van der Waals surface area contributed by atoms with E-state index in [1.54, 1.807) is 12.1 Å². The third-order valence-corrected chi connectivity index (χ3v) is 5.11. The molecule has 0 atom stereocenters. The second-order valence-electron chi connectivity index (χ2n) is 7.12. The number of guanidine groups is 1. The summed E-state index contributed by atoms with van der Waals surface area (Å²) < 4.78 is 5.42. The summed E-state index contributed by atoms with van der Waals surface area (Å²) in [6, 6.07) is 6.83. The van der Waals surface area contributed by atoms with Gasteiger partial charge in [-0.1, -0.05) is 12.1 Å². The molecule has 1 aromatic rings. The number of hydrogen-bond acceptors (Lipinski definition) is 4. The number of non-ortho nitro benzene ring substituents is 1. The van der Waals surface area contributed by atoms with Gasteiger partial charge in [-0.2, -0.15) is 0 Å². The Morgan fingerprint density at radius 3 is 2.57 bits per heavy atom. The number of nitrogens with one attached hydrogen (secondary N) is 1. The highest BCUT2D eigenvalue weighted by Crippen LogP contribution is 2.18. The van der Waals surface area contributed by atoms with Crippen LogP contribution in [0, 0.1) is 16.0 Å². The number of nitrogens with zero attached hydrogens (tertiary/aromatic N) is 3. The molecular weight excluding hydrogens is 471 g/mol. The molecule has 0 saturated carbocycles. The highest BCUT2D eigenvalue weighted by atomic mass is 127. The molecule has 0 radical (unpaired) electrons. The number of aryl methyl sites for hydroxylation is 1. The predicted molar refractivity (Wildman–Crippen MR) is 124 cm³/mol. The molecule has 1 fully saturated rings. The number of rotatable bonds is 9. The lowest BCUT2D eigenvalue weighted by Gasteiger charge is -2.26. The van der Waals surface area contributed by atoms with Gasteiger partial charge in [0, 0.05) is 52.5 Å². The quantitative estimate of drug-likeness (QED) is 0.138. The second kappa shape index (κ2) is 13.7. The van der Waals surface area contributed by atoms with Crippen LogP contribution < -0.4 is 5.32 Å². The number of hydrogen-bond donors (Lipinski definition) is 1. The van der Waals surface area contributed by atoms with Crippen molar-refractivity contribution in [1.29, 1.82) is 0 Å². The van der Waals surface area contributed by atoms with Gasteiger partial charge in [-0.05, 0) is 50.0 Å². The molecular formula is C20H33IN4O3. The zero-order valence-corrected chi connectivity index (χ0v) is 19.3. The molecule has 0 aliphatic carbocycles. The summed E-state index contributed by atoms with van der Waals surface area (Å²) in [5, 5.41) is 14.1. The van der Waals surface area contributed by atoms with Crippen LogP contribution in [0.25, 0.3) is 0 Å². The van der Waals surface area contributed by atoms with Gasteiger partial charge in [0.15, 0.2) is 5.96 Å². The standard InChI is InChI=1S/C20H32N4O3.HI/c1-21-20(23(2)14-10-18-11-15-27-16-12-18)22-13-4-3-5-17-6-8-19(9-7-17)24(25)26;/h6-9,18H,3-5,10-16H2,1-2H3,(H,21,22);1H. The van der Waals surface area contributed by atoms with Crippen LogP contribution in [-0.2, 0) is 11.2 Å². The Labute approximate surface area is 185 Å². The number of nitro groups is 1. The van der Waals surface area contributed by atoms with Crippen LogP contribution >= 0.6 is 24.0 Å². The Hall–Kier alpha value is -1.42. The van der Waals surface area contributed by atoms with E-state index in [4.69, 9.17) is 4.74 Å². The summed E-state index contributed by atoms with van der Waals surface area (Å²) in [5.41, 5.74) is 1.28. The number of benzene rings is 1. The van der Waals surface area contributed by atoms with E-state index in [-0.39, 0.29) is 34.6 Å². The van der Waals surface area contributed by atoms with Gasteiger partial charge in [-0.25, -0.2) is 0 Å². The fraction of sp³-hybridized carbons (Fsp3) is 0.650. The molecule has 0 aromatic heterocycles. The highest BCUT2D eigenvalue weighted by Gasteiger charge is 2.15. The van der Waals surface area contributed by atoms with Gasteiger partial charge in [0.1, 0.15) is 0 Å². The highest BCUT2D eigenvalue weighted by molar-refractivity contribution is 14.0. The number of nitro benzene ring substituents is 1. The van der Waals surface area contributed by atoms with Crippen molar-refractivity contribution < 1.29 is 9.66 Å². The van der Waals surface area contributed by atoms with Gasteiger partial charge in [0.05, 0.1) is 4.92 Å². The average Bonchev–Trinajstić information content (AvgIpc) is 2.70. The average molecular weight is 504 g/mol. The Morgan fingerprint density at radius 1 is 1.29 bits per heavy atom. The summed E-state index contributed by atoms with van der Waals surface area (Å²) >= 11 is 0. The van der Waals surface area contributed by atoms with E-state index >= 15 is 0 Å². The maximum Gasteiger partial charge on any atom is 0.269 e. The van der Waals surface area contributed by atoms with Gasteiger partial charge >= 0.3 is 0 Å². The second-order valence-corrected chi connectivity index (χ2v) is 7.12. The maximum absolute atomic E-state index is 10.7. The summed E-state index contributed by atoms with van der Waals surface area (Å²) in [4.78, 5) is 16.9. The van der Waals surface area contributed by atoms with E-state index < -0.39 is 0 Å². The lowest BCUT2D eigenvalue weighted by Crippen LogP contribution is -2.40. The molecule has 0 amide bonds. The van der Waals surface area contributed by atoms with Crippen LogP contribution in [0.4, 0.5) is 5.69 Å². The minimum absolute atomic E-state index is 0. The fourth-order valence-electron chi connectivity index (χ4n) is 3.34. The van der Waals surface area contributed by atoms with E-state index in [2.05, 4.69) is 22.3 Å². The molecule has 1 aliphatic heterocycles.